The van der Waals surface area contributed by atoms with Gasteiger partial charge in [0.15, 0.2) is 5.96 Å². The zero-order valence-electron chi connectivity index (χ0n) is 16.9. The maximum Gasteiger partial charge on any atom is 0.193 e. The molecule has 1 aromatic heterocycles. The maximum absolute atomic E-state index is 5.75. The van der Waals surface area contributed by atoms with Gasteiger partial charge >= 0.3 is 0 Å². The Labute approximate surface area is 162 Å². The second-order valence-electron chi connectivity index (χ2n) is 7.63. The normalized spacial score (nSPS) is 17.6. The van der Waals surface area contributed by atoms with Crippen LogP contribution in [0.4, 0.5) is 0 Å². The molecule has 0 amide bonds. The molecule has 2 aromatic rings. The van der Waals surface area contributed by atoms with Crippen molar-refractivity contribution >= 4 is 5.96 Å². The van der Waals surface area contributed by atoms with Crippen molar-refractivity contribution in [2.24, 2.45) is 18.0 Å². The van der Waals surface area contributed by atoms with E-state index in [9.17, 15) is 0 Å². The van der Waals surface area contributed by atoms with Gasteiger partial charge in [-0.2, -0.15) is 5.10 Å². The van der Waals surface area contributed by atoms with Crippen LogP contribution in [0.3, 0.4) is 0 Å². The first-order valence-corrected chi connectivity index (χ1v) is 9.71. The molecule has 6 nitrogen and oxygen atoms in total. The number of aliphatic imine (C=N–C) groups is 1. The largest absolute Gasteiger partial charge is 0.493 e. The van der Waals surface area contributed by atoms with Crippen LogP contribution in [0.1, 0.15) is 37.3 Å². The quantitative estimate of drug-likeness (QED) is 0.628. The summed E-state index contributed by atoms with van der Waals surface area (Å²) in [4.78, 5) is 6.80. The molecule has 0 aliphatic carbocycles. The Morgan fingerprint density at radius 1 is 1.33 bits per heavy atom. The molecule has 0 spiro atoms. The van der Waals surface area contributed by atoms with Crippen LogP contribution in [0, 0.1) is 5.92 Å². The topological polar surface area (TPSA) is 54.7 Å². The standard InChI is InChI=1S/C21H31N5O/c1-16(2)15-27-20-7-5-17(6-8-20)11-23-21(22-3)26-10-9-18(14-26)19-12-24-25(4)13-19/h5-8,12-13,16,18H,9-11,14-15H2,1-4H3,(H,22,23). The number of guanidine groups is 1. The van der Waals surface area contributed by atoms with Crippen LogP contribution in [0.2, 0.25) is 0 Å². The molecule has 2 heterocycles. The highest BCUT2D eigenvalue weighted by atomic mass is 16.5. The lowest BCUT2D eigenvalue weighted by molar-refractivity contribution is 0.271. The lowest BCUT2D eigenvalue weighted by Crippen LogP contribution is -2.39. The Hall–Kier alpha value is -2.50. The van der Waals surface area contributed by atoms with Gasteiger partial charge in [0.05, 0.1) is 12.8 Å². The fraction of sp³-hybridized carbons (Fsp3) is 0.524. The third-order valence-corrected chi connectivity index (χ3v) is 4.85. The van der Waals surface area contributed by atoms with Crippen LogP contribution in [0.25, 0.3) is 0 Å². The van der Waals surface area contributed by atoms with Crippen molar-refractivity contribution in [1.82, 2.24) is 20.0 Å². The number of nitrogens with one attached hydrogen (secondary N) is 1. The van der Waals surface area contributed by atoms with Crippen molar-refractivity contribution < 1.29 is 4.74 Å². The number of aryl methyl sites for hydroxylation is 1. The second-order valence-corrected chi connectivity index (χ2v) is 7.63. The first-order valence-electron chi connectivity index (χ1n) is 9.71. The van der Waals surface area contributed by atoms with Gasteiger partial charge in [-0.15, -0.1) is 0 Å². The molecular formula is C21H31N5O. The van der Waals surface area contributed by atoms with Crippen molar-refractivity contribution in [3.63, 3.8) is 0 Å². The highest BCUT2D eigenvalue weighted by molar-refractivity contribution is 5.80. The summed E-state index contributed by atoms with van der Waals surface area (Å²) in [5.41, 5.74) is 2.53. The Morgan fingerprint density at radius 3 is 2.74 bits per heavy atom. The molecule has 3 rings (SSSR count). The molecule has 27 heavy (non-hydrogen) atoms. The molecule has 1 aliphatic rings. The van der Waals surface area contributed by atoms with Gasteiger partial charge in [0.1, 0.15) is 5.75 Å². The number of nitrogens with zero attached hydrogens (tertiary/aromatic N) is 4. The average Bonchev–Trinajstić information content (AvgIpc) is 3.31. The third kappa shape index (κ3) is 5.25. The molecule has 1 N–H and O–H groups in total. The van der Waals surface area contributed by atoms with Gasteiger partial charge in [-0.1, -0.05) is 26.0 Å². The minimum atomic E-state index is 0.523. The number of ether oxygens (including phenoxy) is 1. The summed E-state index contributed by atoms with van der Waals surface area (Å²) in [6, 6.07) is 8.30. The first-order chi connectivity index (χ1) is 13.0. The summed E-state index contributed by atoms with van der Waals surface area (Å²) in [5, 5.41) is 7.79. The van der Waals surface area contributed by atoms with Gasteiger partial charge in [0.25, 0.3) is 0 Å². The number of benzene rings is 1. The van der Waals surface area contributed by atoms with E-state index < -0.39 is 0 Å². The lowest BCUT2D eigenvalue weighted by Gasteiger charge is -2.21. The zero-order valence-corrected chi connectivity index (χ0v) is 16.9. The maximum atomic E-state index is 5.75. The molecule has 1 saturated heterocycles. The van der Waals surface area contributed by atoms with Crippen LogP contribution < -0.4 is 10.1 Å². The highest BCUT2D eigenvalue weighted by Crippen LogP contribution is 2.26. The van der Waals surface area contributed by atoms with E-state index in [0.717, 1.165) is 44.4 Å². The molecule has 146 valence electrons. The second kappa shape index (κ2) is 8.93. The minimum Gasteiger partial charge on any atom is -0.493 e. The van der Waals surface area contributed by atoms with Gasteiger partial charge in [0, 0.05) is 45.8 Å². The van der Waals surface area contributed by atoms with Crippen molar-refractivity contribution in [2.75, 3.05) is 26.7 Å². The highest BCUT2D eigenvalue weighted by Gasteiger charge is 2.26. The molecule has 1 aromatic carbocycles. The summed E-state index contributed by atoms with van der Waals surface area (Å²) >= 11 is 0. The van der Waals surface area contributed by atoms with Gasteiger partial charge in [-0.3, -0.25) is 9.67 Å². The number of aromatic nitrogens is 2. The third-order valence-electron chi connectivity index (χ3n) is 4.85. The van der Waals surface area contributed by atoms with E-state index in [-0.39, 0.29) is 0 Å². The van der Waals surface area contributed by atoms with E-state index in [1.807, 2.05) is 37.1 Å². The van der Waals surface area contributed by atoms with Crippen LogP contribution in [0.15, 0.2) is 41.7 Å². The summed E-state index contributed by atoms with van der Waals surface area (Å²) in [7, 11) is 3.82. The molecule has 1 fully saturated rings. The molecule has 1 unspecified atom stereocenters. The van der Waals surface area contributed by atoms with E-state index in [1.165, 1.54) is 11.1 Å². The Balaban J connectivity index is 1.51. The Morgan fingerprint density at radius 2 is 2.11 bits per heavy atom. The fourth-order valence-electron chi connectivity index (χ4n) is 3.36. The van der Waals surface area contributed by atoms with Gasteiger partial charge < -0.3 is 15.0 Å². The van der Waals surface area contributed by atoms with E-state index in [2.05, 4.69) is 52.5 Å². The number of hydrogen-bond acceptors (Lipinski definition) is 3. The molecular weight excluding hydrogens is 338 g/mol. The lowest BCUT2D eigenvalue weighted by atomic mass is 10.0. The first kappa shape index (κ1) is 19.3. The zero-order chi connectivity index (χ0) is 19.2. The summed E-state index contributed by atoms with van der Waals surface area (Å²) in [6.45, 7) is 7.80. The van der Waals surface area contributed by atoms with Crippen molar-refractivity contribution in [3.05, 3.63) is 47.8 Å². The van der Waals surface area contributed by atoms with Crippen LogP contribution in [-0.2, 0) is 13.6 Å². The van der Waals surface area contributed by atoms with E-state index in [0.29, 0.717) is 11.8 Å². The van der Waals surface area contributed by atoms with Crippen molar-refractivity contribution in [1.29, 1.82) is 0 Å². The Bertz CT molecular complexity index is 750. The van der Waals surface area contributed by atoms with E-state index >= 15 is 0 Å². The average molecular weight is 370 g/mol. The van der Waals surface area contributed by atoms with Crippen LogP contribution in [0.5, 0.6) is 5.75 Å². The molecule has 0 bridgehead atoms. The number of likely N-dealkylation sites (tertiary alicyclic amines) is 1. The van der Waals surface area contributed by atoms with E-state index in [1.54, 1.807) is 0 Å². The van der Waals surface area contributed by atoms with Crippen LogP contribution >= 0.6 is 0 Å². The Kier molecular flexibility index (Phi) is 6.37. The predicted molar refractivity (Wildman–Crippen MR) is 109 cm³/mol. The summed E-state index contributed by atoms with van der Waals surface area (Å²) in [6.07, 6.45) is 5.23. The monoisotopic (exact) mass is 369 g/mol. The van der Waals surface area contributed by atoms with Crippen LogP contribution in [-0.4, -0.2) is 47.4 Å². The molecule has 1 atom stereocenters. The smallest absolute Gasteiger partial charge is 0.193 e. The van der Waals surface area contributed by atoms with Gasteiger partial charge in [-0.25, -0.2) is 0 Å². The predicted octanol–water partition coefficient (Wildman–Crippen LogP) is 3.02. The van der Waals surface area contributed by atoms with Crippen molar-refractivity contribution in [2.45, 2.75) is 32.7 Å². The number of hydrogen-bond donors (Lipinski definition) is 1. The molecule has 0 radical (unpaired) electrons. The van der Waals surface area contributed by atoms with E-state index in [4.69, 9.17) is 4.74 Å². The summed E-state index contributed by atoms with van der Waals surface area (Å²) < 4.78 is 7.62. The van der Waals surface area contributed by atoms with Gasteiger partial charge in [-0.05, 0) is 35.6 Å². The van der Waals surface area contributed by atoms with Crippen molar-refractivity contribution in [3.8, 4) is 5.75 Å². The molecule has 6 heteroatoms. The molecule has 1 aliphatic heterocycles. The fourth-order valence-corrected chi connectivity index (χ4v) is 3.36. The summed E-state index contributed by atoms with van der Waals surface area (Å²) in [5.74, 6) is 2.94. The number of rotatable bonds is 6. The SMILES string of the molecule is CN=C(NCc1ccc(OCC(C)C)cc1)N1CCC(c2cnn(C)c2)C1. The molecule has 0 saturated carbocycles. The van der Waals surface area contributed by atoms with Gasteiger partial charge in [0.2, 0.25) is 0 Å². The minimum absolute atomic E-state index is 0.523.